The summed E-state index contributed by atoms with van der Waals surface area (Å²) < 4.78 is 0.875. The lowest BCUT2D eigenvalue weighted by Crippen LogP contribution is -2.44. The number of nitrogens with one attached hydrogen (secondary N) is 2. The Morgan fingerprint density at radius 3 is 2.70 bits per heavy atom. The lowest BCUT2D eigenvalue weighted by Gasteiger charge is -2.34. The Labute approximate surface area is 177 Å². The number of piperazine rings is 1. The van der Waals surface area contributed by atoms with Crippen molar-refractivity contribution in [1.82, 2.24) is 25.4 Å². The van der Waals surface area contributed by atoms with E-state index in [2.05, 4.69) is 61.6 Å². The Morgan fingerprint density at radius 1 is 1.17 bits per heavy atom. The van der Waals surface area contributed by atoms with Gasteiger partial charge in [-0.15, -0.1) is 0 Å². The van der Waals surface area contributed by atoms with Crippen molar-refractivity contribution in [3.05, 3.63) is 47.7 Å². The van der Waals surface area contributed by atoms with Crippen LogP contribution in [0.2, 0.25) is 0 Å². The summed E-state index contributed by atoms with van der Waals surface area (Å²) in [5.74, 6) is -0.219. The van der Waals surface area contributed by atoms with Gasteiger partial charge < -0.3 is 20.9 Å². The monoisotopic (exact) mass is 421 g/mol. The number of carbonyl (C=O) groups is 1. The van der Waals surface area contributed by atoms with Crippen LogP contribution in [0.5, 0.6) is 0 Å². The molecule has 0 atom stereocenters. The third-order valence-electron chi connectivity index (χ3n) is 5.57. The van der Waals surface area contributed by atoms with Gasteiger partial charge in [0, 0.05) is 38.4 Å². The SMILES string of the molecule is CN1CCN(c2ccc(CNC(=O)c3n[nH]c4ccc5nc(N)sc5c34)cc2)CC1. The predicted molar refractivity (Wildman–Crippen MR) is 121 cm³/mol. The molecular formula is C21H23N7OS. The van der Waals surface area contributed by atoms with Gasteiger partial charge in [0.05, 0.1) is 21.1 Å². The minimum Gasteiger partial charge on any atom is -0.375 e. The van der Waals surface area contributed by atoms with Crippen molar-refractivity contribution in [2.24, 2.45) is 0 Å². The Bertz CT molecular complexity index is 1210. The quantitative estimate of drug-likeness (QED) is 0.468. The maximum absolute atomic E-state index is 12.8. The summed E-state index contributed by atoms with van der Waals surface area (Å²) in [6.45, 7) is 4.67. The van der Waals surface area contributed by atoms with Gasteiger partial charge in [-0.1, -0.05) is 23.5 Å². The minimum atomic E-state index is -0.219. The Hall–Kier alpha value is -3.17. The van der Waals surface area contributed by atoms with Crippen molar-refractivity contribution in [2.45, 2.75) is 6.54 Å². The second-order valence-corrected chi connectivity index (χ2v) is 8.63. The van der Waals surface area contributed by atoms with Gasteiger partial charge in [0.1, 0.15) is 0 Å². The van der Waals surface area contributed by atoms with E-state index in [0.717, 1.165) is 52.9 Å². The number of benzene rings is 2. The van der Waals surface area contributed by atoms with E-state index in [9.17, 15) is 4.79 Å². The molecule has 1 saturated heterocycles. The molecule has 1 aliphatic rings. The van der Waals surface area contributed by atoms with Crippen LogP contribution in [-0.2, 0) is 6.54 Å². The molecule has 9 heteroatoms. The molecule has 1 fully saturated rings. The molecule has 154 valence electrons. The van der Waals surface area contributed by atoms with Gasteiger partial charge >= 0.3 is 0 Å². The van der Waals surface area contributed by atoms with E-state index in [1.54, 1.807) is 0 Å². The summed E-state index contributed by atoms with van der Waals surface area (Å²) in [6, 6.07) is 12.1. The molecule has 0 saturated carbocycles. The predicted octanol–water partition coefficient (Wildman–Crippen LogP) is 2.44. The standard InChI is InChI=1S/C21H23N7OS/c1-27-8-10-28(11-9-27)14-4-2-13(3-5-14)12-23-20(29)18-17-15(25-26-18)6-7-16-19(17)30-21(22)24-16/h2-7H,8-12H2,1H3,(H2,22,24)(H,23,29)(H,25,26). The Balaban J connectivity index is 1.30. The van der Waals surface area contributed by atoms with Gasteiger partial charge in [0.25, 0.3) is 5.91 Å². The number of aromatic nitrogens is 3. The zero-order chi connectivity index (χ0) is 20.7. The van der Waals surface area contributed by atoms with Crippen LogP contribution in [0.25, 0.3) is 21.1 Å². The van der Waals surface area contributed by atoms with E-state index < -0.39 is 0 Å². The van der Waals surface area contributed by atoms with Crippen LogP contribution in [0.4, 0.5) is 10.8 Å². The Morgan fingerprint density at radius 2 is 1.93 bits per heavy atom. The van der Waals surface area contributed by atoms with Crippen LogP contribution >= 0.6 is 11.3 Å². The van der Waals surface area contributed by atoms with Gasteiger partial charge in [-0.2, -0.15) is 5.10 Å². The minimum absolute atomic E-state index is 0.219. The molecule has 30 heavy (non-hydrogen) atoms. The largest absolute Gasteiger partial charge is 0.375 e. The maximum atomic E-state index is 12.8. The number of thiazole rings is 1. The number of fused-ring (bicyclic) bond motifs is 3. The molecule has 2 aromatic carbocycles. The summed E-state index contributed by atoms with van der Waals surface area (Å²) in [6.07, 6.45) is 0. The number of likely N-dealkylation sites (N-methyl/N-ethyl adjacent to an activating group) is 1. The number of hydrogen-bond acceptors (Lipinski definition) is 7. The molecule has 0 aliphatic carbocycles. The first-order valence-electron chi connectivity index (χ1n) is 9.92. The van der Waals surface area contributed by atoms with E-state index in [-0.39, 0.29) is 5.91 Å². The molecule has 1 amide bonds. The van der Waals surface area contributed by atoms with Crippen LogP contribution in [0.1, 0.15) is 16.1 Å². The molecule has 0 spiro atoms. The summed E-state index contributed by atoms with van der Waals surface area (Å²) in [7, 11) is 2.15. The van der Waals surface area contributed by atoms with Crippen molar-refractivity contribution >= 4 is 49.2 Å². The average molecular weight is 422 g/mol. The summed E-state index contributed by atoms with van der Waals surface area (Å²) in [5, 5.41) is 11.4. The van der Waals surface area contributed by atoms with Gasteiger partial charge in [-0.05, 0) is 36.9 Å². The number of carbonyl (C=O) groups excluding carboxylic acids is 1. The first-order chi connectivity index (χ1) is 14.6. The molecule has 1 aliphatic heterocycles. The molecule has 3 heterocycles. The molecule has 4 aromatic rings. The zero-order valence-electron chi connectivity index (χ0n) is 16.7. The average Bonchev–Trinajstić information content (AvgIpc) is 3.35. The number of aromatic amines is 1. The van der Waals surface area contributed by atoms with E-state index in [1.165, 1.54) is 17.0 Å². The number of nitrogen functional groups attached to an aromatic ring is 1. The van der Waals surface area contributed by atoms with E-state index >= 15 is 0 Å². The fourth-order valence-corrected chi connectivity index (χ4v) is 4.71. The highest BCUT2D eigenvalue weighted by Crippen LogP contribution is 2.32. The van der Waals surface area contributed by atoms with Crippen molar-refractivity contribution in [3.8, 4) is 0 Å². The van der Waals surface area contributed by atoms with Gasteiger partial charge in [-0.3, -0.25) is 9.89 Å². The molecule has 0 unspecified atom stereocenters. The van der Waals surface area contributed by atoms with E-state index in [0.29, 0.717) is 17.4 Å². The number of hydrogen-bond donors (Lipinski definition) is 3. The zero-order valence-corrected chi connectivity index (χ0v) is 17.5. The van der Waals surface area contributed by atoms with E-state index in [4.69, 9.17) is 5.73 Å². The summed E-state index contributed by atoms with van der Waals surface area (Å²) >= 11 is 1.37. The first kappa shape index (κ1) is 18.8. The number of H-pyrrole nitrogens is 1. The fraction of sp³-hybridized carbons (Fsp3) is 0.286. The van der Waals surface area contributed by atoms with Gasteiger partial charge in [0.15, 0.2) is 10.8 Å². The normalized spacial score (nSPS) is 15.2. The topological polar surface area (TPSA) is 103 Å². The third kappa shape index (κ3) is 3.46. The number of anilines is 2. The summed E-state index contributed by atoms with van der Waals surface area (Å²) in [5.41, 5.74) is 10.1. The van der Waals surface area contributed by atoms with Crippen molar-refractivity contribution in [2.75, 3.05) is 43.9 Å². The van der Waals surface area contributed by atoms with Crippen LogP contribution < -0.4 is 16.0 Å². The van der Waals surface area contributed by atoms with Gasteiger partial charge in [-0.25, -0.2) is 4.98 Å². The highest BCUT2D eigenvalue weighted by Gasteiger charge is 2.19. The second kappa shape index (κ2) is 7.58. The van der Waals surface area contributed by atoms with Gasteiger partial charge in [0.2, 0.25) is 0 Å². The number of amides is 1. The third-order valence-corrected chi connectivity index (χ3v) is 6.49. The first-order valence-corrected chi connectivity index (χ1v) is 10.7. The highest BCUT2D eigenvalue weighted by molar-refractivity contribution is 7.23. The molecule has 0 radical (unpaired) electrons. The smallest absolute Gasteiger partial charge is 0.272 e. The van der Waals surface area contributed by atoms with Crippen LogP contribution in [0.3, 0.4) is 0 Å². The van der Waals surface area contributed by atoms with Crippen LogP contribution in [-0.4, -0.2) is 59.2 Å². The lowest BCUT2D eigenvalue weighted by atomic mass is 10.1. The van der Waals surface area contributed by atoms with Crippen LogP contribution in [0.15, 0.2) is 36.4 Å². The molecular weight excluding hydrogens is 398 g/mol. The fourth-order valence-electron chi connectivity index (χ4n) is 3.83. The highest BCUT2D eigenvalue weighted by atomic mass is 32.1. The van der Waals surface area contributed by atoms with Crippen molar-refractivity contribution in [3.63, 3.8) is 0 Å². The van der Waals surface area contributed by atoms with Crippen LogP contribution in [0, 0.1) is 0 Å². The second-order valence-electron chi connectivity index (χ2n) is 7.60. The molecule has 4 N–H and O–H groups in total. The molecule has 0 bridgehead atoms. The maximum Gasteiger partial charge on any atom is 0.272 e. The Kier molecular flexibility index (Phi) is 4.76. The number of nitrogens with two attached hydrogens (primary N) is 1. The molecule has 8 nitrogen and oxygen atoms in total. The van der Waals surface area contributed by atoms with E-state index in [1.807, 2.05) is 12.1 Å². The number of rotatable bonds is 4. The van der Waals surface area contributed by atoms with Crippen molar-refractivity contribution < 1.29 is 4.79 Å². The molecule has 2 aromatic heterocycles. The van der Waals surface area contributed by atoms with Crippen molar-refractivity contribution in [1.29, 1.82) is 0 Å². The molecule has 5 rings (SSSR count). The summed E-state index contributed by atoms with van der Waals surface area (Å²) in [4.78, 5) is 21.9. The number of nitrogens with zero attached hydrogens (tertiary/aromatic N) is 4. The lowest BCUT2D eigenvalue weighted by molar-refractivity contribution is 0.0947.